The number of nitrogens with one attached hydrogen (secondary N) is 2. The number of benzene rings is 1. The maximum atomic E-state index is 13.4. The Labute approximate surface area is 125 Å². The molecule has 0 aliphatic carbocycles. The summed E-state index contributed by atoms with van der Waals surface area (Å²) in [4.78, 5) is 23.3. The average Bonchev–Trinajstić information content (AvgIpc) is 2.49. The number of ether oxygens (including phenoxy) is 1. The van der Waals surface area contributed by atoms with Gasteiger partial charge in [0.05, 0.1) is 11.3 Å². The largest absolute Gasteiger partial charge is 0.388 e. The summed E-state index contributed by atoms with van der Waals surface area (Å²) in [6, 6.07) is 2.51. The summed E-state index contributed by atoms with van der Waals surface area (Å²) in [5, 5.41) is 14.4. The Bertz CT molecular complexity index is 574. The monoisotopic (exact) mass is 314 g/mol. The molecule has 6 nitrogen and oxygen atoms in total. The zero-order valence-electron chi connectivity index (χ0n) is 11.7. The third-order valence-electron chi connectivity index (χ3n) is 3.38. The van der Waals surface area contributed by atoms with Crippen molar-refractivity contribution in [2.24, 2.45) is 0 Å². The summed E-state index contributed by atoms with van der Waals surface area (Å²) in [6.07, 6.45) is 0.681. The summed E-state index contributed by atoms with van der Waals surface area (Å²) < 4.78 is 31.4. The highest BCUT2D eigenvalue weighted by molar-refractivity contribution is 6.39. The van der Waals surface area contributed by atoms with E-state index in [1.165, 1.54) is 0 Å². The van der Waals surface area contributed by atoms with Gasteiger partial charge in [0.25, 0.3) is 0 Å². The molecule has 120 valence electrons. The third kappa shape index (κ3) is 4.22. The molecular formula is C14H16F2N2O4. The topological polar surface area (TPSA) is 87.7 Å². The van der Waals surface area contributed by atoms with Crippen LogP contribution in [0.25, 0.3) is 0 Å². The Morgan fingerprint density at radius 3 is 2.59 bits per heavy atom. The molecule has 1 aromatic carbocycles. The van der Waals surface area contributed by atoms with E-state index in [0.29, 0.717) is 26.1 Å². The second-order valence-corrected chi connectivity index (χ2v) is 5.10. The van der Waals surface area contributed by atoms with Gasteiger partial charge in [0, 0.05) is 38.7 Å². The lowest BCUT2D eigenvalue weighted by atomic mass is 9.94. The minimum absolute atomic E-state index is 0.117. The zero-order valence-corrected chi connectivity index (χ0v) is 11.7. The van der Waals surface area contributed by atoms with Crippen molar-refractivity contribution in [2.45, 2.75) is 18.4 Å². The predicted octanol–water partition coefficient (Wildman–Crippen LogP) is 0.561. The molecule has 8 heteroatoms. The quantitative estimate of drug-likeness (QED) is 0.712. The van der Waals surface area contributed by atoms with Crippen LogP contribution in [0, 0.1) is 11.6 Å². The van der Waals surface area contributed by atoms with Crippen LogP contribution < -0.4 is 10.6 Å². The SMILES string of the molecule is O=C(NCC1(O)CCOCC1)C(=O)Nc1cc(F)ccc1F. The summed E-state index contributed by atoms with van der Waals surface area (Å²) in [5.41, 5.74) is -1.55. The minimum atomic E-state index is -1.14. The first-order chi connectivity index (χ1) is 10.4. The summed E-state index contributed by atoms with van der Waals surface area (Å²) in [7, 11) is 0. The highest BCUT2D eigenvalue weighted by Crippen LogP contribution is 2.19. The van der Waals surface area contributed by atoms with Crippen LogP contribution in [0.5, 0.6) is 0 Å². The van der Waals surface area contributed by atoms with Gasteiger partial charge in [0.15, 0.2) is 0 Å². The molecule has 0 saturated carbocycles. The van der Waals surface area contributed by atoms with E-state index < -0.39 is 34.7 Å². The van der Waals surface area contributed by atoms with Crippen molar-refractivity contribution in [1.82, 2.24) is 5.32 Å². The molecule has 22 heavy (non-hydrogen) atoms. The Balaban J connectivity index is 1.89. The minimum Gasteiger partial charge on any atom is -0.388 e. The van der Waals surface area contributed by atoms with E-state index in [-0.39, 0.29) is 6.54 Å². The number of anilines is 1. The fourth-order valence-corrected chi connectivity index (χ4v) is 2.03. The van der Waals surface area contributed by atoms with Gasteiger partial charge < -0.3 is 20.5 Å². The number of amides is 2. The van der Waals surface area contributed by atoms with Crippen molar-refractivity contribution < 1.29 is 28.2 Å². The van der Waals surface area contributed by atoms with Gasteiger partial charge in [0.1, 0.15) is 11.6 Å². The number of hydrogen-bond acceptors (Lipinski definition) is 4. The average molecular weight is 314 g/mol. The van der Waals surface area contributed by atoms with E-state index >= 15 is 0 Å². The smallest absolute Gasteiger partial charge is 0.313 e. The lowest BCUT2D eigenvalue weighted by Gasteiger charge is -2.31. The van der Waals surface area contributed by atoms with Crippen LogP contribution in [-0.2, 0) is 14.3 Å². The molecule has 0 spiro atoms. The first kappa shape index (κ1) is 16.3. The van der Waals surface area contributed by atoms with Crippen molar-refractivity contribution in [3.05, 3.63) is 29.8 Å². The standard InChI is InChI=1S/C14H16F2N2O4/c15-9-1-2-10(16)11(7-9)18-13(20)12(19)17-8-14(21)3-5-22-6-4-14/h1-2,7,21H,3-6,8H2,(H,17,19)(H,18,20). The molecule has 3 N–H and O–H groups in total. The maximum absolute atomic E-state index is 13.4. The second-order valence-electron chi connectivity index (χ2n) is 5.10. The lowest BCUT2D eigenvalue weighted by molar-refractivity contribution is -0.137. The molecule has 0 radical (unpaired) electrons. The first-order valence-electron chi connectivity index (χ1n) is 6.74. The van der Waals surface area contributed by atoms with Crippen LogP contribution in [-0.4, -0.2) is 42.3 Å². The number of carbonyl (C=O) groups excluding carboxylic acids is 2. The lowest BCUT2D eigenvalue weighted by Crippen LogP contribution is -2.48. The van der Waals surface area contributed by atoms with E-state index in [1.54, 1.807) is 0 Å². The normalized spacial score (nSPS) is 16.9. The molecule has 1 fully saturated rings. The van der Waals surface area contributed by atoms with Crippen molar-refractivity contribution in [1.29, 1.82) is 0 Å². The number of rotatable bonds is 3. The van der Waals surface area contributed by atoms with E-state index in [9.17, 15) is 23.5 Å². The van der Waals surface area contributed by atoms with Gasteiger partial charge in [-0.2, -0.15) is 0 Å². The van der Waals surface area contributed by atoms with E-state index in [4.69, 9.17) is 4.74 Å². The number of halogens is 2. The van der Waals surface area contributed by atoms with Crippen LogP contribution in [0.15, 0.2) is 18.2 Å². The van der Waals surface area contributed by atoms with Crippen molar-refractivity contribution in [2.75, 3.05) is 25.1 Å². The summed E-state index contributed by atoms with van der Waals surface area (Å²) in [5.74, 6) is -3.78. The molecule has 2 rings (SSSR count). The molecule has 0 bridgehead atoms. The van der Waals surface area contributed by atoms with Crippen LogP contribution in [0.4, 0.5) is 14.5 Å². The molecule has 1 aliphatic rings. The molecule has 1 aliphatic heterocycles. The van der Waals surface area contributed by atoms with Gasteiger partial charge in [0.2, 0.25) is 0 Å². The van der Waals surface area contributed by atoms with Gasteiger partial charge in [-0.25, -0.2) is 8.78 Å². The molecule has 1 heterocycles. The number of carbonyl (C=O) groups is 2. The summed E-state index contributed by atoms with van der Waals surface area (Å²) in [6.45, 7) is 0.619. The van der Waals surface area contributed by atoms with E-state index in [1.807, 2.05) is 5.32 Å². The van der Waals surface area contributed by atoms with E-state index in [2.05, 4.69) is 5.32 Å². The van der Waals surface area contributed by atoms with E-state index in [0.717, 1.165) is 18.2 Å². The number of hydrogen-bond donors (Lipinski definition) is 3. The van der Waals surface area contributed by atoms with Crippen molar-refractivity contribution in [3.8, 4) is 0 Å². The first-order valence-corrected chi connectivity index (χ1v) is 6.74. The van der Waals surface area contributed by atoms with Gasteiger partial charge in [-0.1, -0.05) is 0 Å². The molecule has 0 unspecified atom stereocenters. The molecule has 1 saturated heterocycles. The molecule has 0 aromatic heterocycles. The van der Waals surface area contributed by atoms with Crippen LogP contribution >= 0.6 is 0 Å². The predicted molar refractivity (Wildman–Crippen MR) is 73.0 cm³/mol. The highest BCUT2D eigenvalue weighted by atomic mass is 19.1. The fraction of sp³-hybridized carbons (Fsp3) is 0.429. The highest BCUT2D eigenvalue weighted by Gasteiger charge is 2.31. The zero-order chi connectivity index (χ0) is 16.2. The molecule has 2 amide bonds. The molecule has 0 atom stereocenters. The van der Waals surface area contributed by atoms with Crippen LogP contribution in [0.2, 0.25) is 0 Å². The van der Waals surface area contributed by atoms with Crippen molar-refractivity contribution in [3.63, 3.8) is 0 Å². The Hall–Kier alpha value is -2.06. The second kappa shape index (κ2) is 6.80. The van der Waals surface area contributed by atoms with Gasteiger partial charge in [-0.15, -0.1) is 0 Å². The summed E-state index contributed by atoms with van der Waals surface area (Å²) >= 11 is 0. The van der Waals surface area contributed by atoms with Gasteiger partial charge >= 0.3 is 11.8 Å². The van der Waals surface area contributed by atoms with Crippen LogP contribution in [0.3, 0.4) is 0 Å². The van der Waals surface area contributed by atoms with Crippen LogP contribution in [0.1, 0.15) is 12.8 Å². The Morgan fingerprint density at radius 1 is 1.23 bits per heavy atom. The Morgan fingerprint density at radius 2 is 1.91 bits per heavy atom. The van der Waals surface area contributed by atoms with Gasteiger partial charge in [-0.3, -0.25) is 9.59 Å². The van der Waals surface area contributed by atoms with Gasteiger partial charge in [-0.05, 0) is 12.1 Å². The Kier molecular flexibility index (Phi) is 5.04. The number of aliphatic hydroxyl groups is 1. The molecular weight excluding hydrogens is 298 g/mol. The fourth-order valence-electron chi connectivity index (χ4n) is 2.03. The maximum Gasteiger partial charge on any atom is 0.313 e. The van der Waals surface area contributed by atoms with Crippen molar-refractivity contribution >= 4 is 17.5 Å². The molecule has 1 aromatic rings. The third-order valence-corrected chi connectivity index (χ3v) is 3.38.